The maximum atomic E-state index is 4.07. The smallest absolute Gasteiger partial charge is 0.0113 e. The molecule has 3 aliphatic rings. The Morgan fingerprint density at radius 2 is 1.63 bits per heavy atom. The molecular formula is C17H32N2. The number of rotatable bonds is 3. The molecule has 2 nitrogen and oxygen atoms in total. The molecule has 2 heteroatoms. The van der Waals surface area contributed by atoms with Gasteiger partial charge < -0.3 is 10.6 Å². The Bertz CT molecular complexity index is 264. The first-order valence-electron chi connectivity index (χ1n) is 8.82. The highest BCUT2D eigenvalue weighted by atomic mass is 15.0. The second-order valence-corrected chi connectivity index (χ2v) is 7.38. The van der Waals surface area contributed by atoms with Gasteiger partial charge >= 0.3 is 0 Å². The molecule has 0 amide bonds. The maximum Gasteiger partial charge on any atom is 0.0113 e. The molecule has 3 unspecified atom stereocenters. The standard InChI is InChI=1S/C17H32N2/c1-13-8-10-14(11-9-13)19-17-6-3-2-5-15(17)16-7-4-12-18-16/h13-19H,2-12H2,1H3. The minimum absolute atomic E-state index is 0.808. The van der Waals surface area contributed by atoms with Crippen molar-refractivity contribution in [3.05, 3.63) is 0 Å². The zero-order valence-corrected chi connectivity index (χ0v) is 12.7. The highest BCUT2D eigenvalue weighted by molar-refractivity contribution is 4.93. The molecule has 3 atom stereocenters. The zero-order valence-electron chi connectivity index (χ0n) is 12.7. The third-order valence-corrected chi connectivity index (χ3v) is 5.90. The molecule has 3 rings (SSSR count). The summed E-state index contributed by atoms with van der Waals surface area (Å²) >= 11 is 0. The Morgan fingerprint density at radius 1 is 0.842 bits per heavy atom. The largest absolute Gasteiger partial charge is 0.314 e. The molecule has 1 aliphatic heterocycles. The van der Waals surface area contributed by atoms with Crippen molar-refractivity contribution in [2.75, 3.05) is 6.54 Å². The Hall–Kier alpha value is -0.0800. The van der Waals surface area contributed by atoms with Gasteiger partial charge in [-0.3, -0.25) is 0 Å². The van der Waals surface area contributed by atoms with Gasteiger partial charge in [-0.05, 0) is 69.7 Å². The van der Waals surface area contributed by atoms with E-state index in [2.05, 4.69) is 17.6 Å². The SMILES string of the molecule is CC1CCC(NC2CCCCC2C2CCCN2)CC1. The van der Waals surface area contributed by atoms with E-state index in [4.69, 9.17) is 0 Å². The van der Waals surface area contributed by atoms with Crippen LogP contribution in [0.25, 0.3) is 0 Å². The van der Waals surface area contributed by atoms with Crippen molar-refractivity contribution in [3.8, 4) is 0 Å². The van der Waals surface area contributed by atoms with Gasteiger partial charge in [0.15, 0.2) is 0 Å². The second-order valence-electron chi connectivity index (χ2n) is 7.38. The highest BCUT2D eigenvalue weighted by Gasteiger charge is 2.34. The highest BCUT2D eigenvalue weighted by Crippen LogP contribution is 2.32. The number of nitrogens with one attached hydrogen (secondary N) is 2. The maximum absolute atomic E-state index is 4.07. The first-order chi connectivity index (χ1) is 9.33. The first kappa shape index (κ1) is 13.9. The molecule has 0 aromatic rings. The molecule has 1 heterocycles. The van der Waals surface area contributed by atoms with Gasteiger partial charge in [0.05, 0.1) is 0 Å². The van der Waals surface area contributed by atoms with E-state index < -0.39 is 0 Å². The lowest BCUT2D eigenvalue weighted by Gasteiger charge is -2.40. The minimum atomic E-state index is 0.808. The third kappa shape index (κ3) is 3.52. The number of hydrogen-bond acceptors (Lipinski definition) is 2. The molecule has 2 saturated carbocycles. The Morgan fingerprint density at radius 3 is 2.37 bits per heavy atom. The first-order valence-corrected chi connectivity index (χ1v) is 8.82. The zero-order chi connectivity index (χ0) is 13.1. The predicted octanol–water partition coefficient (Wildman–Crippen LogP) is 3.47. The summed E-state index contributed by atoms with van der Waals surface area (Å²) in [5.74, 6) is 1.88. The van der Waals surface area contributed by atoms with E-state index in [0.717, 1.165) is 30.0 Å². The van der Waals surface area contributed by atoms with Crippen LogP contribution in [0.2, 0.25) is 0 Å². The Labute approximate surface area is 119 Å². The molecule has 2 aliphatic carbocycles. The van der Waals surface area contributed by atoms with Gasteiger partial charge in [0.1, 0.15) is 0 Å². The van der Waals surface area contributed by atoms with Crippen LogP contribution in [0, 0.1) is 11.8 Å². The molecule has 1 saturated heterocycles. The van der Waals surface area contributed by atoms with Crippen molar-refractivity contribution < 1.29 is 0 Å². The molecule has 0 aromatic carbocycles. The van der Waals surface area contributed by atoms with Gasteiger partial charge in [0.25, 0.3) is 0 Å². The van der Waals surface area contributed by atoms with E-state index in [-0.39, 0.29) is 0 Å². The summed E-state index contributed by atoms with van der Waals surface area (Å²) in [6.07, 6.45) is 14.3. The molecule has 0 spiro atoms. The van der Waals surface area contributed by atoms with Gasteiger partial charge in [-0.1, -0.05) is 19.8 Å². The molecule has 3 fully saturated rings. The molecular weight excluding hydrogens is 232 g/mol. The Kier molecular flexibility index (Phi) is 4.81. The molecule has 0 bridgehead atoms. The fourth-order valence-electron chi connectivity index (χ4n) is 4.65. The normalized spacial score (nSPS) is 44.4. The fourth-order valence-corrected chi connectivity index (χ4v) is 4.65. The summed E-state index contributed by atoms with van der Waals surface area (Å²) in [5, 5.41) is 7.83. The van der Waals surface area contributed by atoms with Crippen molar-refractivity contribution in [1.29, 1.82) is 0 Å². The van der Waals surface area contributed by atoms with Crippen LogP contribution in [0.15, 0.2) is 0 Å². The summed E-state index contributed by atoms with van der Waals surface area (Å²) in [4.78, 5) is 0. The molecule has 2 N–H and O–H groups in total. The molecule has 0 radical (unpaired) electrons. The average molecular weight is 264 g/mol. The van der Waals surface area contributed by atoms with Crippen molar-refractivity contribution in [3.63, 3.8) is 0 Å². The average Bonchev–Trinajstić information content (AvgIpc) is 2.96. The van der Waals surface area contributed by atoms with Crippen LogP contribution in [-0.2, 0) is 0 Å². The lowest BCUT2D eigenvalue weighted by atomic mass is 9.78. The van der Waals surface area contributed by atoms with Crippen LogP contribution < -0.4 is 10.6 Å². The van der Waals surface area contributed by atoms with Gasteiger partial charge in [-0.25, -0.2) is 0 Å². The summed E-state index contributed by atoms with van der Waals surface area (Å²) < 4.78 is 0. The second kappa shape index (κ2) is 6.58. The molecule has 110 valence electrons. The van der Waals surface area contributed by atoms with E-state index >= 15 is 0 Å². The predicted molar refractivity (Wildman–Crippen MR) is 81.3 cm³/mol. The van der Waals surface area contributed by atoms with E-state index in [1.54, 1.807) is 0 Å². The van der Waals surface area contributed by atoms with Crippen LogP contribution in [0.4, 0.5) is 0 Å². The van der Waals surface area contributed by atoms with E-state index in [0.29, 0.717) is 0 Å². The molecule has 0 aromatic heterocycles. The summed E-state index contributed by atoms with van der Waals surface area (Å²) in [6, 6.07) is 2.45. The van der Waals surface area contributed by atoms with Crippen LogP contribution >= 0.6 is 0 Å². The Balaban J connectivity index is 1.54. The van der Waals surface area contributed by atoms with Crippen LogP contribution in [0.1, 0.15) is 71.1 Å². The summed E-state index contributed by atoms with van der Waals surface area (Å²) in [5.41, 5.74) is 0. The third-order valence-electron chi connectivity index (χ3n) is 5.90. The van der Waals surface area contributed by atoms with Crippen LogP contribution in [0.3, 0.4) is 0 Å². The van der Waals surface area contributed by atoms with Crippen molar-refractivity contribution in [2.24, 2.45) is 11.8 Å². The van der Waals surface area contributed by atoms with Crippen molar-refractivity contribution in [1.82, 2.24) is 10.6 Å². The van der Waals surface area contributed by atoms with Gasteiger partial charge in [0, 0.05) is 18.1 Å². The van der Waals surface area contributed by atoms with E-state index in [1.807, 2.05) is 0 Å². The minimum Gasteiger partial charge on any atom is -0.314 e. The van der Waals surface area contributed by atoms with Gasteiger partial charge in [-0.2, -0.15) is 0 Å². The van der Waals surface area contributed by atoms with Crippen LogP contribution in [0.5, 0.6) is 0 Å². The quantitative estimate of drug-likeness (QED) is 0.815. The van der Waals surface area contributed by atoms with Gasteiger partial charge in [-0.15, -0.1) is 0 Å². The fraction of sp³-hybridized carbons (Fsp3) is 1.00. The van der Waals surface area contributed by atoms with E-state index in [9.17, 15) is 0 Å². The van der Waals surface area contributed by atoms with Crippen molar-refractivity contribution >= 4 is 0 Å². The monoisotopic (exact) mass is 264 g/mol. The lowest BCUT2D eigenvalue weighted by Crippen LogP contribution is -2.50. The number of hydrogen-bond donors (Lipinski definition) is 2. The lowest BCUT2D eigenvalue weighted by molar-refractivity contribution is 0.180. The topological polar surface area (TPSA) is 24.1 Å². The molecule has 19 heavy (non-hydrogen) atoms. The van der Waals surface area contributed by atoms with Gasteiger partial charge in [0.2, 0.25) is 0 Å². The summed E-state index contributed by atoms with van der Waals surface area (Å²) in [7, 11) is 0. The van der Waals surface area contributed by atoms with Crippen molar-refractivity contribution in [2.45, 2.75) is 89.3 Å². The van der Waals surface area contributed by atoms with E-state index in [1.165, 1.54) is 70.8 Å². The van der Waals surface area contributed by atoms with Crippen LogP contribution in [-0.4, -0.2) is 24.7 Å². The summed E-state index contributed by atoms with van der Waals surface area (Å²) in [6.45, 7) is 3.68.